The fraction of sp³-hybridized carbons (Fsp3) is 0.182. The molecule has 0 amide bonds. The summed E-state index contributed by atoms with van der Waals surface area (Å²) in [7, 11) is 1.54. The number of rotatable bonds is 2. The molecule has 2 rings (SSSR count). The van der Waals surface area contributed by atoms with Crippen LogP contribution in [0.15, 0.2) is 22.6 Å². The molecule has 2 aromatic rings. The van der Waals surface area contributed by atoms with Crippen molar-refractivity contribution in [3.63, 3.8) is 0 Å². The molecule has 0 N–H and O–H groups in total. The number of benzene rings is 1. The molecule has 0 bridgehead atoms. The number of hydrogen-bond donors (Lipinski definition) is 0. The molecule has 0 fully saturated rings. The smallest absolute Gasteiger partial charge is 0.154 e. The third-order valence-electron chi connectivity index (χ3n) is 2.16. The zero-order chi connectivity index (χ0) is 10.1. The minimum atomic E-state index is 0.543. The van der Waals surface area contributed by atoms with Gasteiger partial charge >= 0.3 is 0 Å². The van der Waals surface area contributed by atoms with Gasteiger partial charge in [-0.25, -0.2) is 0 Å². The largest absolute Gasteiger partial charge is 0.496 e. The molecule has 0 unspecified atom stereocenters. The van der Waals surface area contributed by atoms with E-state index in [-0.39, 0.29) is 0 Å². The van der Waals surface area contributed by atoms with E-state index in [4.69, 9.17) is 9.15 Å². The Morgan fingerprint density at radius 1 is 1.43 bits per heavy atom. The summed E-state index contributed by atoms with van der Waals surface area (Å²) in [4.78, 5) is 10.9. The number of methoxy groups -OCH3 is 1. The number of hydrogen-bond acceptors (Lipinski definition) is 3. The first-order valence-electron chi connectivity index (χ1n) is 4.28. The van der Waals surface area contributed by atoms with E-state index in [2.05, 4.69) is 0 Å². The Bertz CT molecular complexity index is 482. The van der Waals surface area contributed by atoms with E-state index in [0.29, 0.717) is 16.9 Å². The summed E-state index contributed by atoms with van der Waals surface area (Å²) in [5, 5.41) is 0.803. The third kappa shape index (κ3) is 1.18. The molecule has 1 aromatic heterocycles. The van der Waals surface area contributed by atoms with Gasteiger partial charge in [0.2, 0.25) is 0 Å². The molecule has 0 aliphatic carbocycles. The van der Waals surface area contributed by atoms with Crippen molar-refractivity contribution in [2.24, 2.45) is 0 Å². The second kappa shape index (κ2) is 3.18. The van der Waals surface area contributed by atoms with Gasteiger partial charge in [0.05, 0.1) is 12.7 Å². The van der Waals surface area contributed by atoms with Gasteiger partial charge in [-0.3, -0.25) is 4.79 Å². The minimum absolute atomic E-state index is 0.543. The van der Waals surface area contributed by atoms with Crippen molar-refractivity contribution in [1.82, 2.24) is 0 Å². The van der Waals surface area contributed by atoms with Crippen LogP contribution in [0.1, 0.15) is 16.1 Å². The van der Waals surface area contributed by atoms with Crippen LogP contribution in [-0.2, 0) is 0 Å². The normalized spacial score (nSPS) is 10.4. The van der Waals surface area contributed by atoms with Crippen LogP contribution in [0.4, 0.5) is 0 Å². The van der Waals surface area contributed by atoms with Crippen molar-refractivity contribution in [1.29, 1.82) is 0 Å². The Labute approximate surface area is 81.3 Å². The molecule has 0 saturated carbocycles. The highest BCUT2D eigenvalue weighted by atomic mass is 16.5. The van der Waals surface area contributed by atoms with Crippen LogP contribution in [0, 0.1) is 6.92 Å². The molecule has 1 heterocycles. The van der Waals surface area contributed by atoms with Crippen molar-refractivity contribution in [2.75, 3.05) is 7.11 Å². The van der Waals surface area contributed by atoms with Crippen LogP contribution in [0.2, 0.25) is 0 Å². The van der Waals surface area contributed by atoms with Gasteiger partial charge < -0.3 is 9.15 Å². The molecule has 0 atom stereocenters. The summed E-state index contributed by atoms with van der Waals surface area (Å²) in [6.07, 6.45) is 0.788. The lowest BCUT2D eigenvalue weighted by Crippen LogP contribution is -1.90. The van der Waals surface area contributed by atoms with Crippen LogP contribution in [0.5, 0.6) is 5.75 Å². The van der Waals surface area contributed by atoms with E-state index >= 15 is 0 Å². The maximum atomic E-state index is 10.9. The van der Waals surface area contributed by atoms with E-state index in [0.717, 1.165) is 17.4 Å². The predicted molar refractivity (Wildman–Crippen MR) is 52.9 cm³/mol. The van der Waals surface area contributed by atoms with E-state index in [1.807, 2.05) is 13.0 Å². The maximum absolute atomic E-state index is 10.9. The van der Waals surface area contributed by atoms with E-state index < -0.39 is 0 Å². The number of carbonyl (C=O) groups is 1. The highest BCUT2D eigenvalue weighted by molar-refractivity contribution is 5.99. The summed E-state index contributed by atoms with van der Waals surface area (Å²) in [5.41, 5.74) is 1.26. The van der Waals surface area contributed by atoms with Gasteiger partial charge in [0.1, 0.15) is 17.1 Å². The lowest BCUT2D eigenvalue weighted by atomic mass is 10.1. The Hall–Kier alpha value is -1.77. The number of fused-ring (bicyclic) bond motifs is 1. The summed E-state index contributed by atoms with van der Waals surface area (Å²) in [5.74, 6) is 1.37. The molecule has 3 heteroatoms. The van der Waals surface area contributed by atoms with Gasteiger partial charge in [-0.15, -0.1) is 0 Å². The van der Waals surface area contributed by atoms with Gasteiger partial charge in [-0.1, -0.05) is 0 Å². The van der Waals surface area contributed by atoms with Gasteiger partial charge in [0, 0.05) is 5.39 Å². The van der Waals surface area contributed by atoms with Crippen LogP contribution >= 0.6 is 0 Å². The van der Waals surface area contributed by atoms with Crippen LogP contribution < -0.4 is 4.74 Å². The summed E-state index contributed by atoms with van der Waals surface area (Å²) in [6, 6.07) is 5.37. The van der Waals surface area contributed by atoms with E-state index in [1.165, 1.54) is 0 Å². The molecular formula is C11H10O3. The topological polar surface area (TPSA) is 39.4 Å². The summed E-state index contributed by atoms with van der Waals surface area (Å²) in [6.45, 7) is 1.85. The first-order valence-corrected chi connectivity index (χ1v) is 4.28. The minimum Gasteiger partial charge on any atom is -0.496 e. The van der Waals surface area contributed by atoms with Crippen LogP contribution in [0.3, 0.4) is 0 Å². The van der Waals surface area contributed by atoms with Crippen LogP contribution in [0.25, 0.3) is 11.0 Å². The predicted octanol–water partition coefficient (Wildman–Crippen LogP) is 2.56. The molecule has 0 spiro atoms. The van der Waals surface area contributed by atoms with E-state index in [1.54, 1.807) is 19.2 Å². The van der Waals surface area contributed by atoms with Crippen molar-refractivity contribution in [3.8, 4) is 5.75 Å². The number of aryl methyl sites for hydroxylation is 1. The molecule has 1 aromatic carbocycles. The zero-order valence-corrected chi connectivity index (χ0v) is 8.03. The quantitative estimate of drug-likeness (QED) is 0.683. The first kappa shape index (κ1) is 8.81. The fourth-order valence-electron chi connectivity index (χ4n) is 1.54. The van der Waals surface area contributed by atoms with Crippen molar-refractivity contribution in [2.45, 2.75) is 6.92 Å². The summed E-state index contributed by atoms with van der Waals surface area (Å²) < 4.78 is 10.5. The molecule has 0 saturated heterocycles. The van der Waals surface area contributed by atoms with Crippen molar-refractivity contribution in [3.05, 3.63) is 29.5 Å². The molecule has 72 valence electrons. The Morgan fingerprint density at radius 2 is 2.21 bits per heavy atom. The molecule has 3 nitrogen and oxygen atoms in total. The summed E-state index contributed by atoms with van der Waals surface area (Å²) >= 11 is 0. The number of ether oxygens (including phenoxy) is 1. The first-order chi connectivity index (χ1) is 6.76. The molecule has 0 radical (unpaired) electrons. The highest BCUT2D eigenvalue weighted by Crippen LogP contribution is 2.28. The average molecular weight is 190 g/mol. The van der Waals surface area contributed by atoms with Crippen LogP contribution in [-0.4, -0.2) is 13.4 Å². The number of aldehydes is 1. The lowest BCUT2D eigenvalue weighted by Gasteiger charge is -2.02. The Morgan fingerprint density at radius 3 is 2.86 bits per heavy atom. The number of carbonyl (C=O) groups excluding carboxylic acids is 1. The Balaban J connectivity index is 2.82. The zero-order valence-electron chi connectivity index (χ0n) is 8.03. The van der Waals surface area contributed by atoms with Gasteiger partial charge in [0.15, 0.2) is 6.29 Å². The standard InChI is InChI=1S/C11H10O3/c1-7-5-8-9(6-12)10(13-2)3-4-11(8)14-7/h3-6H,1-2H3. The molecule has 14 heavy (non-hydrogen) atoms. The lowest BCUT2D eigenvalue weighted by molar-refractivity contribution is 0.112. The molecule has 0 aliphatic rings. The van der Waals surface area contributed by atoms with Gasteiger partial charge in [0.25, 0.3) is 0 Å². The molecule has 0 aliphatic heterocycles. The van der Waals surface area contributed by atoms with Gasteiger partial charge in [-0.05, 0) is 25.1 Å². The second-order valence-electron chi connectivity index (χ2n) is 3.07. The maximum Gasteiger partial charge on any atom is 0.154 e. The molecular weight excluding hydrogens is 180 g/mol. The number of furan rings is 1. The highest BCUT2D eigenvalue weighted by Gasteiger charge is 2.10. The fourth-order valence-corrected chi connectivity index (χ4v) is 1.54. The van der Waals surface area contributed by atoms with E-state index in [9.17, 15) is 4.79 Å². The van der Waals surface area contributed by atoms with Gasteiger partial charge in [-0.2, -0.15) is 0 Å². The second-order valence-corrected chi connectivity index (χ2v) is 3.07. The Kier molecular flexibility index (Phi) is 2.00. The monoisotopic (exact) mass is 190 g/mol. The van der Waals surface area contributed by atoms with Crippen molar-refractivity contribution >= 4 is 17.3 Å². The SMILES string of the molecule is COc1ccc2oc(C)cc2c1C=O. The third-order valence-corrected chi connectivity index (χ3v) is 2.16. The average Bonchev–Trinajstić information content (AvgIpc) is 2.56. The van der Waals surface area contributed by atoms with Crippen molar-refractivity contribution < 1.29 is 13.9 Å².